The second kappa shape index (κ2) is 6.73. The predicted molar refractivity (Wildman–Crippen MR) is 78.4 cm³/mol. The molecule has 0 radical (unpaired) electrons. The molecular weight excluding hydrogens is 330 g/mol. The van der Waals surface area contributed by atoms with Gasteiger partial charge in [0.1, 0.15) is 5.82 Å². The van der Waals surface area contributed by atoms with Crippen molar-refractivity contribution in [1.82, 2.24) is 15.3 Å². The van der Waals surface area contributed by atoms with Crippen molar-refractivity contribution in [3.8, 4) is 0 Å². The molecule has 1 amide bonds. The number of aromatic nitrogens is 2. The summed E-state index contributed by atoms with van der Waals surface area (Å²) in [5.74, 6) is 0.824. The Morgan fingerprint density at radius 3 is 3.00 bits per heavy atom. The van der Waals surface area contributed by atoms with Crippen LogP contribution in [0.25, 0.3) is 0 Å². The van der Waals surface area contributed by atoms with E-state index in [0.29, 0.717) is 21.6 Å². The van der Waals surface area contributed by atoms with Crippen LogP contribution in [0.1, 0.15) is 22.6 Å². The van der Waals surface area contributed by atoms with E-state index in [4.69, 9.17) is 11.6 Å². The zero-order valence-electron chi connectivity index (χ0n) is 10.1. The normalized spacial score (nSPS) is 10.4. The molecule has 4 nitrogen and oxygen atoms in total. The number of halogens is 2. The van der Waals surface area contributed by atoms with Crippen molar-refractivity contribution in [2.45, 2.75) is 12.8 Å². The van der Waals surface area contributed by atoms with Crippen LogP contribution in [0.2, 0.25) is 5.02 Å². The summed E-state index contributed by atoms with van der Waals surface area (Å²) in [5.41, 5.74) is 0.586. The quantitative estimate of drug-likeness (QED) is 0.820. The average molecular weight is 343 g/mol. The van der Waals surface area contributed by atoms with Gasteiger partial charge in [0.2, 0.25) is 0 Å². The molecule has 0 bridgehead atoms. The number of nitrogens with zero attached hydrogens (tertiary/aromatic N) is 1. The molecule has 0 aliphatic rings. The first-order valence-electron chi connectivity index (χ1n) is 5.88. The number of rotatable bonds is 5. The molecule has 2 aromatic rings. The standard InChI is InChI=1S/C13H13BrClN3O/c14-11-8-9(15)3-4-10(11)13(19)18-5-1-2-12-16-6-7-17-12/h3-4,6-8H,1-2,5H2,(H,16,17)(H,18,19). The number of hydrogen-bond donors (Lipinski definition) is 2. The van der Waals surface area contributed by atoms with Gasteiger partial charge in [0, 0.05) is 34.9 Å². The highest BCUT2D eigenvalue weighted by molar-refractivity contribution is 9.10. The fraction of sp³-hybridized carbons (Fsp3) is 0.231. The summed E-state index contributed by atoms with van der Waals surface area (Å²) >= 11 is 9.16. The third-order valence-electron chi connectivity index (χ3n) is 2.61. The highest BCUT2D eigenvalue weighted by Crippen LogP contribution is 2.21. The SMILES string of the molecule is O=C(NCCCc1ncc[nH]1)c1ccc(Cl)cc1Br. The smallest absolute Gasteiger partial charge is 0.252 e. The summed E-state index contributed by atoms with van der Waals surface area (Å²) in [6, 6.07) is 5.11. The van der Waals surface area contributed by atoms with Crippen LogP contribution in [0.4, 0.5) is 0 Å². The molecule has 19 heavy (non-hydrogen) atoms. The molecule has 0 aliphatic carbocycles. The second-order valence-electron chi connectivity index (χ2n) is 4.02. The van der Waals surface area contributed by atoms with E-state index in [9.17, 15) is 4.79 Å². The minimum atomic E-state index is -0.108. The third-order valence-corrected chi connectivity index (χ3v) is 3.50. The minimum absolute atomic E-state index is 0.108. The molecule has 2 N–H and O–H groups in total. The lowest BCUT2D eigenvalue weighted by Crippen LogP contribution is -2.25. The maximum atomic E-state index is 11.9. The first-order valence-corrected chi connectivity index (χ1v) is 7.05. The Morgan fingerprint density at radius 1 is 1.47 bits per heavy atom. The van der Waals surface area contributed by atoms with Crippen LogP contribution in [0.5, 0.6) is 0 Å². The number of aromatic amines is 1. The molecule has 0 saturated heterocycles. The Balaban J connectivity index is 1.81. The van der Waals surface area contributed by atoms with Gasteiger partial charge in [0.15, 0.2) is 0 Å². The van der Waals surface area contributed by atoms with Crippen LogP contribution in [0, 0.1) is 0 Å². The third kappa shape index (κ3) is 4.08. The summed E-state index contributed by atoms with van der Waals surface area (Å²) in [7, 11) is 0. The van der Waals surface area contributed by atoms with E-state index in [0.717, 1.165) is 18.7 Å². The number of imidazole rings is 1. The van der Waals surface area contributed by atoms with Crippen molar-refractivity contribution in [3.63, 3.8) is 0 Å². The van der Waals surface area contributed by atoms with Crippen LogP contribution in [-0.4, -0.2) is 22.4 Å². The Kier molecular flexibility index (Phi) is 4.99. The highest BCUT2D eigenvalue weighted by Gasteiger charge is 2.09. The molecule has 0 saturated carbocycles. The zero-order valence-corrected chi connectivity index (χ0v) is 12.5. The largest absolute Gasteiger partial charge is 0.352 e. The zero-order chi connectivity index (χ0) is 13.7. The second-order valence-corrected chi connectivity index (χ2v) is 5.31. The Bertz CT molecular complexity index is 557. The number of nitrogens with one attached hydrogen (secondary N) is 2. The van der Waals surface area contributed by atoms with Gasteiger partial charge in [-0.2, -0.15) is 0 Å². The summed E-state index contributed by atoms with van der Waals surface area (Å²) < 4.78 is 0.698. The summed E-state index contributed by atoms with van der Waals surface area (Å²) in [6.07, 6.45) is 5.16. The van der Waals surface area contributed by atoms with Crippen LogP contribution in [0.3, 0.4) is 0 Å². The lowest BCUT2D eigenvalue weighted by atomic mass is 10.2. The van der Waals surface area contributed by atoms with Crippen molar-refractivity contribution >= 4 is 33.4 Å². The predicted octanol–water partition coefficient (Wildman–Crippen LogP) is 3.19. The molecule has 6 heteroatoms. The van der Waals surface area contributed by atoms with E-state index < -0.39 is 0 Å². The van der Waals surface area contributed by atoms with Gasteiger partial charge in [0.25, 0.3) is 5.91 Å². The first-order chi connectivity index (χ1) is 9.16. The molecule has 1 aromatic heterocycles. The minimum Gasteiger partial charge on any atom is -0.352 e. The molecular formula is C13H13BrClN3O. The number of hydrogen-bond acceptors (Lipinski definition) is 2. The van der Waals surface area contributed by atoms with Crippen molar-refractivity contribution in [1.29, 1.82) is 0 Å². The highest BCUT2D eigenvalue weighted by atomic mass is 79.9. The van der Waals surface area contributed by atoms with Crippen molar-refractivity contribution in [2.24, 2.45) is 0 Å². The number of carbonyl (C=O) groups excluding carboxylic acids is 1. The molecule has 0 spiro atoms. The van der Waals surface area contributed by atoms with Gasteiger partial charge in [-0.3, -0.25) is 4.79 Å². The maximum absolute atomic E-state index is 11.9. The van der Waals surface area contributed by atoms with Crippen LogP contribution in [0.15, 0.2) is 35.1 Å². The summed E-state index contributed by atoms with van der Waals surface area (Å²) in [5, 5.41) is 3.47. The Hall–Kier alpha value is -1.33. The maximum Gasteiger partial charge on any atom is 0.252 e. The number of aryl methyl sites for hydroxylation is 1. The van der Waals surface area contributed by atoms with Crippen LogP contribution >= 0.6 is 27.5 Å². The monoisotopic (exact) mass is 341 g/mol. The van der Waals surface area contributed by atoms with E-state index in [2.05, 4.69) is 31.2 Å². The fourth-order valence-corrected chi connectivity index (χ4v) is 2.52. The molecule has 0 aliphatic heterocycles. The molecule has 0 atom stereocenters. The van der Waals surface area contributed by atoms with E-state index in [1.807, 2.05) is 0 Å². The fourth-order valence-electron chi connectivity index (χ4n) is 1.66. The van der Waals surface area contributed by atoms with Gasteiger partial charge in [-0.25, -0.2) is 4.98 Å². The van der Waals surface area contributed by atoms with Gasteiger partial charge in [-0.05, 0) is 40.5 Å². The molecule has 100 valence electrons. The first kappa shape index (κ1) is 14.1. The Labute approximate surface area is 124 Å². The summed E-state index contributed by atoms with van der Waals surface area (Å²) in [4.78, 5) is 19.1. The lowest BCUT2D eigenvalue weighted by Gasteiger charge is -2.06. The number of carbonyl (C=O) groups is 1. The van der Waals surface area contributed by atoms with Crippen molar-refractivity contribution in [2.75, 3.05) is 6.54 Å². The van der Waals surface area contributed by atoms with Crippen molar-refractivity contribution in [3.05, 3.63) is 51.5 Å². The summed E-state index contributed by atoms with van der Waals surface area (Å²) in [6.45, 7) is 0.606. The van der Waals surface area contributed by atoms with Gasteiger partial charge in [-0.1, -0.05) is 11.6 Å². The average Bonchev–Trinajstić information content (AvgIpc) is 2.87. The van der Waals surface area contributed by atoms with E-state index in [1.165, 1.54) is 0 Å². The van der Waals surface area contributed by atoms with E-state index in [-0.39, 0.29) is 5.91 Å². The molecule has 1 aromatic carbocycles. The molecule has 0 fully saturated rings. The molecule has 0 unspecified atom stereocenters. The van der Waals surface area contributed by atoms with Gasteiger partial charge < -0.3 is 10.3 Å². The van der Waals surface area contributed by atoms with Gasteiger partial charge in [-0.15, -0.1) is 0 Å². The Morgan fingerprint density at radius 2 is 2.32 bits per heavy atom. The van der Waals surface area contributed by atoms with Gasteiger partial charge in [0.05, 0.1) is 5.56 Å². The number of benzene rings is 1. The van der Waals surface area contributed by atoms with E-state index in [1.54, 1.807) is 30.6 Å². The molecule has 2 rings (SSSR count). The van der Waals surface area contributed by atoms with Crippen molar-refractivity contribution < 1.29 is 4.79 Å². The van der Waals surface area contributed by atoms with Crippen LogP contribution in [-0.2, 0) is 6.42 Å². The van der Waals surface area contributed by atoms with Gasteiger partial charge >= 0.3 is 0 Å². The number of H-pyrrole nitrogens is 1. The molecule has 1 heterocycles. The van der Waals surface area contributed by atoms with Crippen LogP contribution < -0.4 is 5.32 Å². The lowest BCUT2D eigenvalue weighted by molar-refractivity contribution is 0.0952. The van der Waals surface area contributed by atoms with E-state index >= 15 is 0 Å². The topological polar surface area (TPSA) is 57.8 Å². The number of amides is 1.